The van der Waals surface area contributed by atoms with E-state index in [1.807, 2.05) is 26.8 Å². The van der Waals surface area contributed by atoms with E-state index in [0.29, 0.717) is 22.9 Å². The first-order valence-electron chi connectivity index (χ1n) is 13.4. The highest BCUT2D eigenvalue weighted by atomic mass is 35.5. The molecule has 3 rings (SSSR count). The summed E-state index contributed by atoms with van der Waals surface area (Å²) < 4.78 is 34.4. The maximum atomic E-state index is 14.1. The van der Waals surface area contributed by atoms with Gasteiger partial charge < -0.3 is 15.0 Å². The van der Waals surface area contributed by atoms with Crippen molar-refractivity contribution in [2.75, 3.05) is 24.5 Å². The summed E-state index contributed by atoms with van der Waals surface area (Å²) in [4.78, 5) is 28.6. The first-order chi connectivity index (χ1) is 19.3. The summed E-state index contributed by atoms with van der Waals surface area (Å²) >= 11 is 6.38. The number of halogens is 1. The van der Waals surface area contributed by atoms with Crippen LogP contribution in [0.3, 0.4) is 0 Å². The lowest BCUT2D eigenvalue weighted by Gasteiger charge is -2.32. The standard InChI is InChI=1S/C31H38ClN3O5S/c1-21(2)18-33-31(37)24(5)34(19-25-9-7-10-26(17-25)40-6)30(36)20-35(29-12-8-11-28(32)23(29)4)41(38,39)27-15-13-22(3)14-16-27/h7-17,21,24H,18-20H2,1-6H3,(H,33,37)/t24-/m1/s1. The number of hydrogen-bond donors (Lipinski definition) is 1. The molecule has 0 heterocycles. The molecular formula is C31H38ClN3O5S. The second-order valence-corrected chi connectivity index (χ2v) is 12.7. The summed E-state index contributed by atoms with van der Waals surface area (Å²) in [6.45, 7) is 9.13. The van der Waals surface area contributed by atoms with Gasteiger partial charge in [0.2, 0.25) is 11.8 Å². The summed E-state index contributed by atoms with van der Waals surface area (Å²) in [7, 11) is -2.64. The molecule has 8 nitrogen and oxygen atoms in total. The summed E-state index contributed by atoms with van der Waals surface area (Å²) in [5.41, 5.74) is 2.42. The van der Waals surface area contributed by atoms with Crippen LogP contribution in [0, 0.1) is 19.8 Å². The quantitative estimate of drug-likeness (QED) is 0.303. The van der Waals surface area contributed by atoms with Gasteiger partial charge in [0, 0.05) is 18.1 Å². The Hall–Kier alpha value is -3.56. The number of nitrogens with one attached hydrogen (secondary N) is 1. The Morgan fingerprint density at radius 3 is 2.27 bits per heavy atom. The van der Waals surface area contributed by atoms with Crippen LogP contribution in [0.4, 0.5) is 5.69 Å². The summed E-state index contributed by atoms with van der Waals surface area (Å²) in [5, 5.41) is 3.25. The third-order valence-electron chi connectivity index (χ3n) is 6.73. The van der Waals surface area contributed by atoms with Gasteiger partial charge in [0.25, 0.3) is 10.0 Å². The average Bonchev–Trinajstić information content (AvgIpc) is 2.94. The van der Waals surface area contributed by atoms with Crippen molar-refractivity contribution in [3.8, 4) is 5.75 Å². The number of rotatable bonds is 12. The first-order valence-corrected chi connectivity index (χ1v) is 15.2. The van der Waals surface area contributed by atoms with Crippen molar-refractivity contribution in [2.24, 2.45) is 5.92 Å². The third-order valence-corrected chi connectivity index (χ3v) is 8.92. The SMILES string of the molecule is COc1cccc(CN(C(=O)CN(c2cccc(Cl)c2C)S(=O)(=O)c2ccc(C)cc2)[C@H](C)C(=O)NCC(C)C)c1. The minimum atomic E-state index is -4.18. The third kappa shape index (κ3) is 8.01. The predicted octanol–water partition coefficient (Wildman–Crippen LogP) is 5.35. The van der Waals surface area contributed by atoms with Crippen LogP contribution in [-0.4, -0.2) is 51.4 Å². The number of aryl methyl sites for hydroxylation is 1. The van der Waals surface area contributed by atoms with Crippen LogP contribution in [0.25, 0.3) is 0 Å². The monoisotopic (exact) mass is 599 g/mol. The molecule has 0 bridgehead atoms. The summed E-state index contributed by atoms with van der Waals surface area (Å²) in [6, 6.07) is 17.7. The minimum absolute atomic E-state index is 0.0392. The van der Waals surface area contributed by atoms with Crippen LogP contribution in [0.15, 0.2) is 71.6 Å². The molecule has 3 aromatic carbocycles. The first kappa shape index (κ1) is 32.0. The average molecular weight is 600 g/mol. The van der Waals surface area contributed by atoms with Gasteiger partial charge in [0.15, 0.2) is 0 Å². The van der Waals surface area contributed by atoms with Gasteiger partial charge in [0.05, 0.1) is 17.7 Å². The molecule has 3 aromatic rings. The Balaban J connectivity index is 2.06. The molecular weight excluding hydrogens is 562 g/mol. The molecule has 10 heteroatoms. The topological polar surface area (TPSA) is 96.0 Å². The second kappa shape index (κ2) is 13.9. The number of nitrogens with zero attached hydrogens (tertiary/aromatic N) is 2. The fourth-order valence-corrected chi connectivity index (χ4v) is 5.86. The molecule has 0 fully saturated rings. The zero-order valence-corrected chi connectivity index (χ0v) is 25.9. The van der Waals surface area contributed by atoms with Gasteiger partial charge in [-0.3, -0.25) is 13.9 Å². The van der Waals surface area contributed by atoms with Crippen molar-refractivity contribution in [2.45, 2.75) is 52.1 Å². The molecule has 0 spiro atoms. The van der Waals surface area contributed by atoms with Crippen molar-refractivity contribution < 1.29 is 22.7 Å². The van der Waals surface area contributed by atoms with E-state index < -0.39 is 28.5 Å². The number of methoxy groups -OCH3 is 1. The van der Waals surface area contributed by atoms with E-state index in [9.17, 15) is 18.0 Å². The van der Waals surface area contributed by atoms with E-state index in [1.165, 1.54) is 17.0 Å². The molecule has 41 heavy (non-hydrogen) atoms. The van der Waals surface area contributed by atoms with E-state index in [2.05, 4.69) is 5.32 Å². The number of carbonyl (C=O) groups excluding carboxylic acids is 2. The van der Waals surface area contributed by atoms with Crippen molar-refractivity contribution in [1.29, 1.82) is 0 Å². The van der Waals surface area contributed by atoms with Gasteiger partial charge in [-0.15, -0.1) is 0 Å². The molecule has 220 valence electrons. The van der Waals surface area contributed by atoms with Crippen LogP contribution in [0.5, 0.6) is 5.75 Å². The van der Waals surface area contributed by atoms with Gasteiger partial charge in [-0.2, -0.15) is 0 Å². The molecule has 1 atom stereocenters. The number of sulfonamides is 1. The number of carbonyl (C=O) groups is 2. The Morgan fingerprint density at radius 1 is 0.976 bits per heavy atom. The van der Waals surface area contributed by atoms with E-state index in [4.69, 9.17) is 16.3 Å². The maximum absolute atomic E-state index is 14.1. The number of benzene rings is 3. The van der Waals surface area contributed by atoms with Crippen LogP contribution in [0.2, 0.25) is 5.02 Å². The maximum Gasteiger partial charge on any atom is 0.264 e. The van der Waals surface area contributed by atoms with Gasteiger partial charge >= 0.3 is 0 Å². The highest BCUT2D eigenvalue weighted by Gasteiger charge is 2.33. The fourth-order valence-electron chi connectivity index (χ4n) is 4.22. The Kier molecular flexibility index (Phi) is 10.8. The van der Waals surface area contributed by atoms with E-state index in [1.54, 1.807) is 69.5 Å². The van der Waals surface area contributed by atoms with Crippen LogP contribution >= 0.6 is 11.6 Å². The molecule has 0 unspecified atom stereocenters. The largest absolute Gasteiger partial charge is 0.497 e. The molecule has 0 radical (unpaired) electrons. The van der Waals surface area contributed by atoms with E-state index in [0.717, 1.165) is 15.4 Å². The number of hydrogen-bond acceptors (Lipinski definition) is 5. The van der Waals surface area contributed by atoms with Gasteiger partial charge in [-0.1, -0.05) is 61.3 Å². The summed E-state index contributed by atoms with van der Waals surface area (Å²) in [5.74, 6) is -0.0588. The Bertz CT molecular complexity index is 1480. The number of anilines is 1. The Labute approximate surface area is 248 Å². The normalized spacial score (nSPS) is 12.1. The molecule has 2 amide bonds. The van der Waals surface area contributed by atoms with Gasteiger partial charge in [-0.25, -0.2) is 8.42 Å². The van der Waals surface area contributed by atoms with Crippen LogP contribution in [-0.2, 0) is 26.2 Å². The molecule has 0 aliphatic carbocycles. The van der Waals surface area contributed by atoms with Crippen LogP contribution < -0.4 is 14.4 Å². The Morgan fingerprint density at radius 2 is 1.63 bits per heavy atom. The van der Waals surface area contributed by atoms with Gasteiger partial charge in [0.1, 0.15) is 18.3 Å². The molecule has 1 N–H and O–H groups in total. The van der Waals surface area contributed by atoms with Crippen molar-refractivity contribution in [3.05, 3.63) is 88.4 Å². The highest BCUT2D eigenvalue weighted by Crippen LogP contribution is 2.31. The number of amides is 2. The minimum Gasteiger partial charge on any atom is -0.497 e. The van der Waals surface area contributed by atoms with Crippen LogP contribution in [0.1, 0.15) is 37.5 Å². The van der Waals surface area contributed by atoms with Crippen molar-refractivity contribution >= 4 is 39.1 Å². The fraction of sp³-hybridized carbons (Fsp3) is 0.355. The molecule has 0 aliphatic rings. The van der Waals surface area contributed by atoms with E-state index >= 15 is 0 Å². The lowest BCUT2D eigenvalue weighted by molar-refractivity contribution is -0.139. The molecule has 0 saturated carbocycles. The summed E-state index contributed by atoms with van der Waals surface area (Å²) in [6.07, 6.45) is 0. The molecule has 0 aromatic heterocycles. The number of ether oxygens (including phenoxy) is 1. The smallest absolute Gasteiger partial charge is 0.264 e. The zero-order chi connectivity index (χ0) is 30.3. The highest BCUT2D eigenvalue weighted by molar-refractivity contribution is 7.92. The lowest BCUT2D eigenvalue weighted by Crippen LogP contribution is -2.51. The lowest BCUT2D eigenvalue weighted by atomic mass is 10.1. The van der Waals surface area contributed by atoms with Gasteiger partial charge in [-0.05, 0) is 74.2 Å². The second-order valence-electron chi connectivity index (χ2n) is 10.4. The van der Waals surface area contributed by atoms with Crippen molar-refractivity contribution in [3.63, 3.8) is 0 Å². The predicted molar refractivity (Wildman–Crippen MR) is 163 cm³/mol. The van der Waals surface area contributed by atoms with E-state index in [-0.39, 0.29) is 29.0 Å². The van der Waals surface area contributed by atoms with Crippen molar-refractivity contribution in [1.82, 2.24) is 10.2 Å². The zero-order valence-electron chi connectivity index (χ0n) is 24.3. The molecule has 0 saturated heterocycles. The molecule has 0 aliphatic heterocycles.